The van der Waals surface area contributed by atoms with Gasteiger partial charge in [0, 0.05) is 6.20 Å². The van der Waals surface area contributed by atoms with Gasteiger partial charge < -0.3 is 4.74 Å². The van der Waals surface area contributed by atoms with Gasteiger partial charge in [-0.15, -0.1) is 0 Å². The van der Waals surface area contributed by atoms with Gasteiger partial charge in [0.1, 0.15) is 4.60 Å². The molecule has 0 spiro atoms. The van der Waals surface area contributed by atoms with Gasteiger partial charge in [0.15, 0.2) is 0 Å². The molecule has 3 nitrogen and oxygen atoms in total. The zero-order valence-electron chi connectivity index (χ0n) is 7.08. The molecule has 1 heterocycles. The summed E-state index contributed by atoms with van der Waals surface area (Å²) in [4.78, 5) is 15.2. The van der Waals surface area contributed by atoms with Gasteiger partial charge >= 0.3 is 5.97 Å². The van der Waals surface area contributed by atoms with Crippen LogP contribution in [0.1, 0.15) is 15.9 Å². The number of ether oxygens (including phenoxy) is 1. The molecule has 0 N–H and O–H groups in total. The molecule has 0 bridgehead atoms. The van der Waals surface area contributed by atoms with Crippen molar-refractivity contribution < 1.29 is 9.53 Å². The summed E-state index contributed by atoms with van der Waals surface area (Å²) in [6.45, 7) is 3.59. The number of esters is 1. The number of carbonyl (C=O) groups is 1. The van der Waals surface area contributed by atoms with Gasteiger partial charge in [0.05, 0.1) is 12.7 Å². The summed E-state index contributed by atoms with van der Waals surface area (Å²) in [5.74, 6) is -0.421. The smallest absolute Gasteiger partial charge is 0.341 e. The quantitative estimate of drug-likeness (QED) is 0.589. The van der Waals surface area contributed by atoms with E-state index in [0.717, 1.165) is 0 Å². The Morgan fingerprint density at radius 3 is 3.00 bits per heavy atom. The van der Waals surface area contributed by atoms with E-state index < -0.39 is 5.97 Å². The fraction of sp³-hybridized carbons (Fsp3) is 0.111. The molecule has 1 aromatic rings. The molecule has 0 aromatic carbocycles. The zero-order chi connectivity index (χ0) is 9.84. The first-order valence-corrected chi connectivity index (χ1v) is 4.35. The van der Waals surface area contributed by atoms with Gasteiger partial charge in [0.2, 0.25) is 0 Å². The van der Waals surface area contributed by atoms with Crippen molar-refractivity contribution in [3.8, 4) is 0 Å². The van der Waals surface area contributed by atoms with Crippen molar-refractivity contribution in [2.75, 3.05) is 7.11 Å². The lowest BCUT2D eigenvalue weighted by atomic mass is 10.1. The normalized spacial score (nSPS) is 9.38. The molecule has 0 radical (unpaired) electrons. The van der Waals surface area contributed by atoms with Crippen LogP contribution in [0.25, 0.3) is 6.08 Å². The Bertz CT molecular complexity index is 349. The first-order chi connectivity index (χ1) is 6.20. The van der Waals surface area contributed by atoms with Crippen LogP contribution in [0.15, 0.2) is 23.4 Å². The van der Waals surface area contributed by atoms with Crippen molar-refractivity contribution in [1.29, 1.82) is 0 Å². The second-order valence-corrected chi connectivity index (χ2v) is 3.01. The van der Waals surface area contributed by atoms with Crippen molar-refractivity contribution in [3.63, 3.8) is 0 Å². The van der Waals surface area contributed by atoms with Crippen molar-refractivity contribution >= 4 is 28.0 Å². The number of halogens is 1. The first kappa shape index (κ1) is 9.92. The maximum absolute atomic E-state index is 11.3. The molecule has 0 amide bonds. The van der Waals surface area contributed by atoms with Crippen LogP contribution in [-0.2, 0) is 4.74 Å². The molecule has 0 aliphatic carbocycles. The maximum Gasteiger partial charge on any atom is 0.341 e. The van der Waals surface area contributed by atoms with Crippen LogP contribution in [0, 0.1) is 0 Å². The molecule has 0 saturated carbocycles. The lowest BCUT2D eigenvalue weighted by Gasteiger charge is -2.04. The Morgan fingerprint density at radius 1 is 1.77 bits per heavy atom. The number of rotatable bonds is 2. The van der Waals surface area contributed by atoms with Gasteiger partial charge in [0.25, 0.3) is 0 Å². The molecule has 1 aromatic heterocycles. The van der Waals surface area contributed by atoms with Gasteiger partial charge in [-0.25, -0.2) is 9.78 Å². The average Bonchev–Trinajstić information content (AvgIpc) is 2.16. The molecule has 0 fully saturated rings. The fourth-order valence-electron chi connectivity index (χ4n) is 0.924. The molecule has 0 saturated heterocycles. The predicted molar refractivity (Wildman–Crippen MR) is 53.4 cm³/mol. The second-order valence-electron chi connectivity index (χ2n) is 2.26. The minimum atomic E-state index is -0.421. The van der Waals surface area contributed by atoms with Crippen LogP contribution in [0.4, 0.5) is 0 Å². The molecule has 4 heteroatoms. The maximum atomic E-state index is 11.3. The van der Waals surface area contributed by atoms with Gasteiger partial charge in [-0.1, -0.05) is 12.7 Å². The summed E-state index contributed by atoms with van der Waals surface area (Å²) in [6.07, 6.45) is 3.17. The summed E-state index contributed by atoms with van der Waals surface area (Å²) in [5, 5.41) is 0. The summed E-state index contributed by atoms with van der Waals surface area (Å²) < 4.78 is 5.07. The van der Waals surface area contributed by atoms with Crippen molar-refractivity contribution in [3.05, 3.63) is 34.6 Å². The lowest BCUT2D eigenvalue weighted by molar-refractivity contribution is 0.0599. The van der Waals surface area contributed by atoms with Crippen LogP contribution in [0.5, 0.6) is 0 Å². The van der Waals surface area contributed by atoms with E-state index in [4.69, 9.17) is 0 Å². The van der Waals surface area contributed by atoms with E-state index in [1.165, 1.54) is 7.11 Å². The number of nitrogens with zero attached hydrogens (tertiary/aromatic N) is 1. The highest BCUT2D eigenvalue weighted by Crippen LogP contribution is 2.19. The standard InChI is InChI=1S/C9H8BrNO2/c1-3-6-4-5-11-8(10)7(6)9(12)13-2/h3-5H,1H2,2H3. The Labute approximate surface area is 84.6 Å². The van der Waals surface area contributed by atoms with Gasteiger partial charge in [-0.3, -0.25) is 0 Å². The molecule has 1 rings (SSSR count). The van der Waals surface area contributed by atoms with E-state index in [-0.39, 0.29) is 0 Å². The van der Waals surface area contributed by atoms with Crippen LogP contribution < -0.4 is 0 Å². The molecular formula is C9H8BrNO2. The van der Waals surface area contributed by atoms with Crippen molar-refractivity contribution in [2.24, 2.45) is 0 Å². The highest BCUT2D eigenvalue weighted by atomic mass is 79.9. The predicted octanol–water partition coefficient (Wildman–Crippen LogP) is 2.27. The number of pyridine rings is 1. The van der Waals surface area contributed by atoms with Crippen LogP contribution in [-0.4, -0.2) is 18.1 Å². The molecule has 68 valence electrons. The molecule has 13 heavy (non-hydrogen) atoms. The topological polar surface area (TPSA) is 39.2 Å². The zero-order valence-corrected chi connectivity index (χ0v) is 8.67. The summed E-state index contributed by atoms with van der Waals surface area (Å²) in [6, 6.07) is 1.70. The Morgan fingerprint density at radius 2 is 2.46 bits per heavy atom. The number of methoxy groups -OCH3 is 1. The van der Waals surface area contributed by atoms with Gasteiger partial charge in [-0.05, 0) is 27.6 Å². The number of aromatic nitrogens is 1. The number of hydrogen-bond acceptors (Lipinski definition) is 3. The van der Waals surface area contributed by atoms with E-state index in [0.29, 0.717) is 15.7 Å². The summed E-state index contributed by atoms with van der Waals surface area (Å²) in [5.41, 5.74) is 1.11. The molecule has 0 atom stereocenters. The Balaban J connectivity index is 3.30. The molecule has 0 aliphatic heterocycles. The highest BCUT2D eigenvalue weighted by molar-refractivity contribution is 9.10. The lowest BCUT2D eigenvalue weighted by Crippen LogP contribution is -2.05. The van der Waals surface area contributed by atoms with E-state index in [1.54, 1.807) is 18.3 Å². The Hall–Kier alpha value is -1.16. The van der Waals surface area contributed by atoms with E-state index in [9.17, 15) is 4.79 Å². The summed E-state index contributed by atoms with van der Waals surface area (Å²) >= 11 is 3.17. The number of carbonyl (C=O) groups excluding carboxylic acids is 1. The third-order valence-corrected chi connectivity index (χ3v) is 2.15. The molecule has 0 aliphatic rings. The minimum absolute atomic E-state index is 0.403. The minimum Gasteiger partial charge on any atom is -0.465 e. The number of hydrogen-bond donors (Lipinski definition) is 0. The van der Waals surface area contributed by atoms with Crippen LogP contribution >= 0.6 is 15.9 Å². The third-order valence-electron chi connectivity index (χ3n) is 1.55. The molecule has 0 unspecified atom stereocenters. The SMILES string of the molecule is C=Cc1ccnc(Br)c1C(=O)OC. The van der Waals surface area contributed by atoms with Gasteiger partial charge in [-0.2, -0.15) is 0 Å². The largest absolute Gasteiger partial charge is 0.465 e. The average molecular weight is 242 g/mol. The van der Waals surface area contributed by atoms with Crippen LogP contribution in [0.3, 0.4) is 0 Å². The fourth-order valence-corrected chi connectivity index (χ4v) is 1.43. The van der Waals surface area contributed by atoms with E-state index in [1.807, 2.05) is 0 Å². The Kier molecular flexibility index (Phi) is 3.19. The van der Waals surface area contributed by atoms with Crippen molar-refractivity contribution in [2.45, 2.75) is 0 Å². The van der Waals surface area contributed by atoms with E-state index >= 15 is 0 Å². The first-order valence-electron chi connectivity index (χ1n) is 3.56. The van der Waals surface area contributed by atoms with E-state index in [2.05, 4.69) is 32.2 Å². The van der Waals surface area contributed by atoms with Crippen LogP contribution in [0.2, 0.25) is 0 Å². The monoisotopic (exact) mass is 241 g/mol. The van der Waals surface area contributed by atoms with Crippen molar-refractivity contribution in [1.82, 2.24) is 4.98 Å². The summed E-state index contributed by atoms with van der Waals surface area (Å²) in [7, 11) is 1.33. The third kappa shape index (κ3) is 1.95. The highest BCUT2D eigenvalue weighted by Gasteiger charge is 2.14. The second kappa shape index (κ2) is 4.18. The molecular weight excluding hydrogens is 234 g/mol.